The lowest BCUT2D eigenvalue weighted by atomic mass is 9.80. The zero-order valence-electron chi connectivity index (χ0n) is 36.5. The van der Waals surface area contributed by atoms with Crippen molar-refractivity contribution in [1.29, 1.82) is 0 Å². The number of ether oxygens (including phenoxy) is 1. The Balaban J connectivity index is 0.665. The zero-order chi connectivity index (χ0) is 44.9. The predicted octanol–water partition coefficient (Wildman–Crippen LogP) is 6.00. The van der Waals surface area contributed by atoms with E-state index in [4.69, 9.17) is 21.9 Å². The number of fused-ring (bicyclic) bond motifs is 4. The van der Waals surface area contributed by atoms with Crippen molar-refractivity contribution >= 4 is 63.7 Å². The molecule has 3 saturated heterocycles. The van der Waals surface area contributed by atoms with Crippen molar-refractivity contribution in [3.05, 3.63) is 65.2 Å². The number of piperidine rings is 1. The molecule has 3 aromatic heterocycles. The lowest BCUT2D eigenvalue weighted by Crippen LogP contribution is -2.54. The lowest BCUT2D eigenvalue weighted by Gasteiger charge is -2.33. The first-order valence-electron chi connectivity index (χ1n) is 23.2. The molecule has 10 rings (SSSR count). The average Bonchev–Trinajstić information content (AvgIpc) is 4.16. The summed E-state index contributed by atoms with van der Waals surface area (Å²) in [6.07, 6.45) is 13.1. The van der Waals surface area contributed by atoms with Gasteiger partial charge < -0.3 is 25.2 Å². The van der Waals surface area contributed by atoms with Crippen LogP contribution in [0.5, 0.6) is 0 Å². The molecule has 3 N–H and O–H groups in total. The Labute approximate surface area is 380 Å². The number of rotatable bonds is 14. The maximum Gasteiger partial charge on any atom is 0.284 e. The van der Waals surface area contributed by atoms with E-state index in [1.165, 1.54) is 0 Å². The zero-order valence-corrected chi connectivity index (χ0v) is 37.3. The van der Waals surface area contributed by atoms with Crippen LogP contribution in [0.4, 0.5) is 26.0 Å². The number of anilines is 3. The van der Waals surface area contributed by atoms with Crippen LogP contribution in [-0.4, -0.2) is 121 Å². The molecule has 19 heteroatoms. The van der Waals surface area contributed by atoms with Crippen LogP contribution in [0.1, 0.15) is 121 Å². The van der Waals surface area contributed by atoms with E-state index in [9.17, 15) is 28.0 Å². The molecule has 2 aliphatic carbocycles. The highest BCUT2D eigenvalue weighted by molar-refractivity contribution is 7.81. The van der Waals surface area contributed by atoms with E-state index in [-0.39, 0.29) is 46.9 Å². The minimum absolute atomic E-state index is 0.0298. The number of benzene rings is 1. The summed E-state index contributed by atoms with van der Waals surface area (Å²) in [5.41, 5.74) is 2.20. The van der Waals surface area contributed by atoms with Crippen molar-refractivity contribution in [2.75, 3.05) is 55.4 Å². The van der Waals surface area contributed by atoms with Gasteiger partial charge in [-0.05, 0) is 107 Å². The van der Waals surface area contributed by atoms with Gasteiger partial charge in [0.1, 0.15) is 16.8 Å². The number of nitrogens with one attached hydrogen (secondary N) is 3. The molecule has 3 atom stereocenters. The van der Waals surface area contributed by atoms with Gasteiger partial charge in [0.25, 0.3) is 18.2 Å². The van der Waals surface area contributed by atoms with Crippen molar-refractivity contribution in [1.82, 2.24) is 39.5 Å². The molecule has 7 heterocycles. The Morgan fingerprint density at radius 3 is 2.49 bits per heavy atom. The van der Waals surface area contributed by atoms with Crippen LogP contribution < -0.4 is 20.9 Å². The van der Waals surface area contributed by atoms with E-state index in [1.54, 1.807) is 33.7 Å². The molecule has 1 aromatic carbocycles. The van der Waals surface area contributed by atoms with Gasteiger partial charge in [0.15, 0.2) is 11.3 Å². The summed E-state index contributed by atoms with van der Waals surface area (Å²) in [7, 11) is 2.20. The number of aromatic nitrogens is 5. The third-order valence-corrected chi connectivity index (χ3v) is 15.0. The Morgan fingerprint density at radius 1 is 0.969 bits per heavy atom. The fourth-order valence-electron chi connectivity index (χ4n) is 11.1. The van der Waals surface area contributed by atoms with Gasteiger partial charge in [-0.3, -0.25) is 34.1 Å². The average molecular weight is 912 g/mol. The molecular formula is C46H55F2N11O5S. The van der Waals surface area contributed by atoms with E-state index in [2.05, 4.69) is 43.0 Å². The molecule has 5 fully saturated rings. The Morgan fingerprint density at radius 2 is 1.75 bits per heavy atom. The number of imide groups is 2. The third kappa shape index (κ3) is 8.73. The summed E-state index contributed by atoms with van der Waals surface area (Å²) in [5.74, 6) is 0.430. The SMILES string of the molecule is CN(CCC1CCC(CNc2cccc3c2C(=O)N(C2CCC(=O)NC2=O)C3=O)CC1)CC1CCC(n2cc(NC(=S)c3cnn4ccc(N5CC6CC5CO6)nc34)c(C(F)F)n2)CC1. The van der Waals surface area contributed by atoms with Crippen molar-refractivity contribution in [2.24, 2.45) is 17.8 Å². The molecule has 4 amide bonds. The summed E-state index contributed by atoms with van der Waals surface area (Å²) in [6.45, 7) is 4.18. The maximum absolute atomic E-state index is 14.4. The van der Waals surface area contributed by atoms with Gasteiger partial charge in [0, 0.05) is 44.1 Å². The first-order valence-corrected chi connectivity index (χ1v) is 23.6. The maximum atomic E-state index is 14.4. The van der Waals surface area contributed by atoms with Gasteiger partial charge >= 0.3 is 0 Å². The molecule has 16 nitrogen and oxygen atoms in total. The first kappa shape index (κ1) is 43.5. The summed E-state index contributed by atoms with van der Waals surface area (Å²) in [4.78, 5) is 61.8. The van der Waals surface area contributed by atoms with Crippen LogP contribution in [0.25, 0.3) is 5.65 Å². The van der Waals surface area contributed by atoms with Crippen molar-refractivity contribution in [2.45, 2.75) is 108 Å². The molecule has 6 aliphatic rings. The lowest BCUT2D eigenvalue weighted by molar-refractivity contribution is -0.136. The summed E-state index contributed by atoms with van der Waals surface area (Å²) in [6, 6.07) is 6.44. The van der Waals surface area contributed by atoms with Crippen LogP contribution in [-0.2, 0) is 14.3 Å². The van der Waals surface area contributed by atoms with E-state index in [0.717, 1.165) is 94.6 Å². The number of nitrogens with zero attached hydrogens (tertiary/aromatic N) is 8. The quantitative estimate of drug-likeness (QED) is 0.0996. The molecule has 4 aliphatic heterocycles. The Bertz CT molecular complexity index is 2500. The number of amides is 4. The third-order valence-electron chi connectivity index (χ3n) is 14.7. The van der Waals surface area contributed by atoms with Crippen LogP contribution in [0.3, 0.4) is 0 Å². The van der Waals surface area contributed by atoms with Gasteiger partial charge in [0.05, 0.1) is 53.4 Å². The highest BCUT2D eigenvalue weighted by atomic mass is 32.1. The van der Waals surface area contributed by atoms with Gasteiger partial charge in [-0.25, -0.2) is 18.3 Å². The van der Waals surface area contributed by atoms with Crippen molar-refractivity contribution in [3.8, 4) is 0 Å². The van der Waals surface area contributed by atoms with Crippen LogP contribution in [0.2, 0.25) is 0 Å². The molecule has 2 saturated carbocycles. The summed E-state index contributed by atoms with van der Waals surface area (Å²) >= 11 is 5.76. The van der Waals surface area contributed by atoms with Gasteiger partial charge in [-0.1, -0.05) is 31.1 Å². The normalized spacial score (nSPS) is 26.8. The number of hydrogen-bond acceptors (Lipinski definition) is 12. The molecule has 344 valence electrons. The number of alkyl halides is 2. The second kappa shape index (κ2) is 18.1. The van der Waals surface area contributed by atoms with Crippen LogP contribution in [0, 0.1) is 17.8 Å². The predicted molar refractivity (Wildman–Crippen MR) is 241 cm³/mol. The highest BCUT2D eigenvalue weighted by Crippen LogP contribution is 2.38. The fraction of sp³-hybridized carbons (Fsp3) is 0.565. The van der Waals surface area contributed by atoms with Gasteiger partial charge in [-0.2, -0.15) is 10.2 Å². The summed E-state index contributed by atoms with van der Waals surface area (Å²) < 4.78 is 37.9. The highest BCUT2D eigenvalue weighted by Gasteiger charge is 2.46. The molecule has 0 spiro atoms. The van der Waals surface area contributed by atoms with Gasteiger partial charge in [0.2, 0.25) is 11.8 Å². The molecule has 65 heavy (non-hydrogen) atoms. The van der Waals surface area contributed by atoms with Crippen LogP contribution >= 0.6 is 12.2 Å². The van der Waals surface area contributed by atoms with Crippen molar-refractivity contribution in [3.63, 3.8) is 0 Å². The molecule has 2 bridgehead atoms. The van der Waals surface area contributed by atoms with E-state index < -0.39 is 36.1 Å². The first-order chi connectivity index (χ1) is 31.5. The number of carbonyl (C=O) groups excluding carboxylic acids is 4. The van der Waals surface area contributed by atoms with E-state index in [0.29, 0.717) is 59.4 Å². The topological polar surface area (TPSA) is 171 Å². The number of carbonyl (C=O) groups is 4. The minimum Gasteiger partial charge on any atom is -0.384 e. The Kier molecular flexibility index (Phi) is 12.1. The summed E-state index contributed by atoms with van der Waals surface area (Å²) in [5, 5.41) is 17.6. The fourth-order valence-corrected chi connectivity index (χ4v) is 11.3. The monoisotopic (exact) mass is 911 g/mol. The van der Waals surface area contributed by atoms with Crippen LogP contribution in [0.15, 0.2) is 42.9 Å². The number of halogens is 2. The largest absolute Gasteiger partial charge is 0.384 e. The molecular weight excluding hydrogens is 857 g/mol. The number of thiocarbonyl (C=S) groups is 1. The smallest absolute Gasteiger partial charge is 0.284 e. The number of morpholine rings is 1. The van der Waals surface area contributed by atoms with E-state index >= 15 is 0 Å². The standard InChI is InChI=1S/C46H55F2N11O5S/c1-55(17-15-26-5-7-27(8-6-26)20-49-34-4-2-3-32-39(34)46(63)59(45(32)62)36-13-14-38(60)53-43(36)61)22-28-9-11-29(12-10-28)58-24-35(40(54-58)41(47)48)51-44(65)33-21-50-57-18-16-37(52-42(33)57)56-23-31-19-30(56)25-64-31/h2-4,16,18,21,24,26-31,36,41,49H,5-15,17,19-20,22-23,25H2,1H3,(H,51,65)(H,53,60,61). The Hall–Kier alpha value is -5.40. The van der Waals surface area contributed by atoms with Crippen molar-refractivity contribution < 1.29 is 32.7 Å². The second-order valence-electron chi connectivity index (χ2n) is 18.9. The minimum atomic E-state index is -2.77. The van der Waals surface area contributed by atoms with E-state index in [1.807, 2.05) is 18.3 Å². The molecule has 4 aromatic rings. The second-order valence-corrected chi connectivity index (χ2v) is 19.3. The molecule has 3 unspecified atom stereocenters. The molecule has 0 radical (unpaired) electrons. The van der Waals surface area contributed by atoms with Gasteiger partial charge in [-0.15, -0.1) is 0 Å². The number of hydrogen-bond donors (Lipinski definition) is 3.